The lowest BCUT2D eigenvalue weighted by Gasteiger charge is -2.17. The minimum Gasteiger partial charge on any atom is -0.351 e. The van der Waals surface area contributed by atoms with Crippen molar-refractivity contribution in [2.45, 2.75) is 25.6 Å². The number of benzene rings is 2. The summed E-state index contributed by atoms with van der Waals surface area (Å²) in [7, 11) is -3.69. The summed E-state index contributed by atoms with van der Waals surface area (Å²) in [6.45, 7) is 1.34. The van der Waals surface area contributed by atoms with Crippen LogP contribution < -0.4 is 15.4 Å². The summed E-state index contributed by atoms with van der Waals surface area (Å²) in [5.74, 6) is -2.35. The van der Waals surface area contributed by atoms with Gasteiger partial charge in [0.1, 0.15) is 17.3 Å². The molecule has 0 saturated heterocycles. The summed E-state index contributed by atoms with van der Waals surface area (Å²) in [6.07, 6.45) is -3.79. The maximum atomic E-state index is 14.3. The first kappa shape index (κ1) is 27.2. The van der Waals surface area contributed by atoms with E-state index in [0.29, 0.717) is 10.7 Å². The highest BCUT2D eigenvalue weighted by Gasteiger charge is 2.33. The van der Waals surface area contributed by atoms with E-state index in [1.54, 1.807) is 24.3 Å². The summed E-state index contributed by atoms with van der Waals surface area (Å²) in [5, 5.41) is 5.85. The Morgan fingerprint density at radius 1 is 1.08 bits per heavy atom. The average Bonchev–Trinajstić information content (AvgIpc) is 2.79. The van der Waals surface area contributed by atoms with Gasteiger partial charge in [0.05, 0.1) is 17.9 Å². The summed E-state index contributed by atoms with van der Waals surface area (Å²) in [5.41, 5.74) is -0.389. The number of hydrogen-bond donors (Lipinski definition) is 3. The Morgan fingerprint density at radius 2 is 1.75 bits per heavy atom. The molecule has 0 bridgehead atoms. The van der Waals surface area contributed by atoms with Crippen molar-refractivity contribution in [2.75, 3.05) is 16.3 Å². The molecular weight excluding hydrogens is 524 g/mol. The van der Waals surface area contributed by atoms with Gasteiger partial charge < -0.3 is 10.6 Å². The largest absolute Gasteiger partial charge is 0.433 e. The van der Waals surface area contributed by atoms with Crippen molar-refractivity contribution in [1.82, 2.24) is 10.3 Å². The highest BCUT2D eigenvalue weighted by Crippen LogP contribution is 2.31. The molecule has 3 aromatic rings. The molecule has 1 atom stereocenters. The lowest BCUT2D eigenvalue weighted by atomic mass is 9.99. The molecule has 0 aliphatic heterocycles. The molecule has 0 aliphatic rings. The third-order valence-electron chi connectivity index (χ3n) is 5.01. The Kier molecular flexibility index (Phi) is 8.09. The fourth-order valence-corrected chi connectivity index (χ4v) is 3.83. The van der Waals surface area contributed by atoms with Gasteiger partial charge in [-0.1, -0.05) is 23.7 Å². The Hall–Kier alpha value is -3.38. The Labute approximate surface area is 209 Å². The number of amides is 1. The van der Waals surface area contributed by atoms with E-state index < -0.39 is 39.5 Å². The van der Waals surface area contributed by atoms with Crippen molar-refractivity contribution >= 4 is 44.7 Å². The van der Waals surface area contributed by atoms with E-state index >= 15 is 0 Å². The molecule has 1 heterocycles. The molecule has 3 rings (SSSR count). The molecule has 0 spiro atoms. The van der Waals surface area contributed by atoms with Gasteiger partial charge in [-0.25, -0.2) is 17.8 Å². The number of carbonyl (C=O) groups excluding carboxylic acids is 1. The summed E-state index contributed by atoms with van der Waals surface area (Å²) >= 11 is 5.85. The van der Waals surface area contributed by atoms with Crippen LogP contribution in [-0.4, -0.2) is 25.6 Å². The minimum absolute atomic E-state index is 0.109. The number of carbonyl (C=O) groups is 1. The van der Waals surface area contributed by atoms with Crippen LogP contribution in [0.15, 0.2) is 54.6 Å². The number of nitrogens with zero attached hydrogens (tertiary/aromatic N) is 1. The van der Waals surface area contributed by atoms with Crippen LogP contribution in [-0.2, 0) is 27.5 Å². The number of rotatable bonds is 8. The molecule has 2 aromatic carbocycles. The molecule has 13 heteroatoms. The van der Waals surface area contributed by atoms with Gasteiger partial charge in [-0.3, -0.25) is 9.52 Å². The number of alkyl halides is 3. The van der Waals surface area contributed by atoms with Gasteiger partial charge in [-0.05, 0) is 55.0 Å². The van der Waals surface area contributed by atoms with Crippen molar-refractivity contribution in [1.29, 1.82) is 0 Å². The zero-order valence-corrected chi connectivity index (χ0v) is 20.5. The van der Waals surface area contributed by atoms with E-state index in [1.807, 2.05) is 4.72 Å². The first-order chi connectivity index (χ1) is 16.7. The monoisotopic (exact) mass is 544 g/mol. The predicted octanol–water partition coefficient (Wildman–Crippen LogP) is 5.43. The maximum absolute atomic E-state index is 14.3. The average molecular weight is 545 g/mol. The van der Waals surface area contributed by atoms with Crippen LogP contribution in [0.4, 0.5) is 34.8 Å². The Morgan fingerprint density at radius 3 is 2.33 bits per heavy atom. The predicted molar refractivity (Wildman–Crippen MR) is 129 cm³/mol. The molecule has 0 aliphatic carbocycles. The summed E-state index contributed by atoms with van der Waals surface area (Å²) in [6, 6.07) is 11.9. The van der Waals surface area contributed by atoms with Gasteiger partial charge in [-0.15, -0.1) is 0 Å². The molecule has 0 saturated carbocycles. The molecule has 1 unspecified atom stereocenters. The van der Waals surface area contributed by atoms with Gasteiger partial charge in [0.25, 0.3) is 0 Å². The number of halogens is 5. The van der Waals surface area contributed by atoms with Crippen LogP contribution in [0.5, 0.6) is 0 Å². The minimum atomic E-state index is -4.67. The van der Waals surface area contributed by atoms with E-state index in [-0.39, 0.29) is 29.2 Å². The van der Waals surface area contributed by atoms with Crippen molar-refractivity contribution in [3.8, 4) is 0 Å². The van der Waals surface area contributed by atoms with Gasteiger partial charge in [0, 0.05) is 22.8 Å². The number of anilines is 3. The second kappa shape index (κ2) is 10.7. The number of nitrogens with one attached hydrogen (secondary N) is 3. The van der Waals surface area contributed by atoms with Gasteiger partial charge in [0.15, 0.2) is 0 Å². The molecule has 0 fully saturated rings. The molecule has 7 nitrogen and oxygen atoms in total. The van der Waals surface area contributed by atoms with Crippen molar-refractivity contribution in [2.24, 2.45) is 0 Å². The van der Waals surface area contributed by atoms with Crippen molar-refractivity contribution < 1.29 is 30.8 Å². The van der Waals surface area contributed by atoms with Crippen LogP contribution in [0.1, 0.15) is 29.7 Å². The van der Waals surface area contributed by atoms with Gasteiger partial charge >= 0.3 is 6.18 Å². The first-order valence-corrected chi connectivity index (χ1v) is 12.6. The smallest absolute Gasteiger partial charge is 0.351 e. The number of sulfonamides is 1. The normalized spacial score (nSPS) is 12.6. The number of hydrogen-bond acceptors (Lipinski definition) is 5. The zero-order chi connectivity index (χ0) is 26.7. The second-order valence-electron chi connectivity index (χ2n) is 7.89. The van der Waals surface area contributed by atoms with E-state index in [2.05, 4.69) is 15.6 Å². The molecule has 192 valence electrons. The molecular formula is C23H21ClF4N4O3S. The lowest BCUT2D eigenvalue weighted by Crippen LogP contribution is -2.28. The second-order valence-corrected chi connectivity index (χ2v) is 10.1. The van der Waals surface area contributed by atoms with Crippen LogP contribution in [0.3, 0.4) is 0 Å². The highest BCUT2D eigenvalue weighted by molar-refractivity contribution is 7.92. The van der Waals surface area contributed by atoms with E-state index in [1.165, 1.54) is 25.1 Å². The third kappa shape index (κ3) is 7.31. The van der Waals surface area contributed by atoms with Crippen LogP contribution in [0, 0.1) is 5.82 Å². The van der Waals surface area contributed by atoms with Crippen molar-refractivity contribution in [3.63, 3.8) is 0 Å². The van der Waals surface area contributed by atoms with Crippen LogP contribution in [0.25, 0.3) is 0 Å². The third-order valence-corrected chi connectivity index (χ3v) is 5.85. The molecule has 1 aromatic heterocycles. The number of aromatic nitrogens is 1. The fraction of sp³-hybridized carbons (Fsp3) is 0.217. The van der Waals surface area contributed by atoms with Crippen molar-refractivity contribution in [3.05, 3.63) is 82.3 Å². The summed E-state index contributed by atoms with van der Waals surface area (Å²) in [4.78, 5) is 16.4. The van der Waals surface area contributed by atoms with Crippen LogP contribution >= 0.6 is 11.6 Å². The molecule has 0 radical (unpaired) electrons. The summed E-state index contributed by atoms with van der Waals surface area (Å²) < 4.78 is 78.6. The van der Waals surface area contributed by atoms with Gasteiger partial charge in [-0.2, -0.15) is 13.2 Å². The lowest BCUT2D eigenvalue weighted by molar-refractivity contribution is -0.141. The standard InChI is InChI=1S/C23H21ClF4N4O3S/c1-13(14-3-9-19(18(25)11-14)32-36(2,34)35)22(33)29-12-15-4-10-20(23(26,27)28)31-21(15)30-17-7-5-16(24)6-8-17/h3-11,13,32H,12H2,1-2H3,(H,29,33)(H,30,31). The SMILES string of the molecule is CC(C(=O)NCc1ccc(C(F)(F)F)nc1Nc1ccc(Cl)cc1)c1ccc(NS(C)(=O)=O)c(F)c1. The number of pyridine rings is 1. The molecule has 3 N–H and O–H groups in total. The van der Waals surface area contributed by atoms with E-state index in [0.717, 1.165) is 18.4 Å². The first-order valence-electron chi connectivity index (χ1n) is 10.4. The van der Waals surface area contributed by atoms with E-state index in [4.69, 9.17) is 11.6 Å². The molecule has 36 heavy (non-hydrogen) atoms. The highest BCUT2D eigenvalue weighted by atomic mass is 35.5. The molecule has 1 amide bonds. The Balaban J connectivity index is 1.77. The topological polar surface area (TPSA) is 100 Å². The quantitative estimate of drug-likeness (QED) is 0.328. The fourth-order valence-electron chi connectivity index (χ4n) is 3.14. The zero-order valence-electron chi connectivity index (χ0n) is 19.0. The maximum Gasteiger partial charge on any atom is 0.433 e. The van der Waals surface area contributed by atoms with Gasteiger partial charge in [0.2, 0.25) is 15.9 Å². The Bertz CT molecular complexity index is 1370. The van der Waals surface area contributed by atoms with E-state index in [9.17, 15) is 30.8 Å². The van der Waals surface area contributed by atoms with Crippen LogP contribution in [0.2, 0.25) is 5.02 Å².